The molecule has 0 spiro atoms. The molecule has 1 aliphatic heterocycles. The Hall–Kier alpha value is -4.32. The first-order chi connectivity index (χ1) is 19.9. The van der Waals surface area contributed by atoms with Crippen LogP contribution in [0.15, 0.2) is 79.0 Å². The monoisotopic (exact) mass is 599 g/mol. The summed E-state index contributed by atoms with van der Waals surface area (Å²) < 4.78 is 59.2. The van der Waals surface area contributed by atoms with Gasteiger partial charge in [-0.05, 0) is 66.7 Å². The van der Waals surface area contributed by atoms with Crippen LogP contribution >= 0.6 is 11.6 Å². The number of carbonyl (C=O) groups is 2. The van der Waals surface area contributed by atoms with Crippen LogP contribution in [0.3, 0.4) is 0 Å². The number of nitrogens with zero attached hydrogens (tertiary/aromatic N) is 2. The highest BCUT2D eigenvalue weighted by Gasteiger charge is 2.56. The molecule has 0 fully saturated rings. The number of benzene rings is 3. The largest absolute Gasteiger partial charge is 0.393 e. The molecule has 1 atom stereocenters. The molecule has 2 heterocycles. The number of nitrogens with one attached hydrogen (secondary N) is 1. The number of rotatable bonds is 5. The van der Waals surface area contributed by atoms with Crippen LogP contribution < -0.4 is 10.2 Å². The fourth-order valence-electron chi connectivity index (χ4n) is 4.81. The van der Waals surface area contributed by atoms with Crippen molar-refractivity contribution in [3.05, 3.63) is 112 Å². The summed E-state index contributed by atoms with van der Waals surface area (Å²) in [6, 6.07) is 15.2. The molecule has 1 aromatic heterocycles. The van der Waals surface area contributed by atoms with Crippen LogP contribution in [0.4, 0.5) is 28.9 Å². The minimum absolute atomic E-state index is 0.0126. The minimum atomic E-state index is -3.83. The molecular weight excluding hydrogens is 578 g/mol. The zero-order valence-electron chi connectivity index (χ0n) is 21.6. The van der Waals surface area contributed by atoms with E-state index in [1.807, 2.05) is 0 Å². The molecule has 3 aromatic carbocycles. The Balaban J connectivity index is 1.45. The number of carbonyl (C=O) groups excluding carboxylic acids is 2. The number of hydrogen-bond donors (Lipinski definition) is 3. The molecule has 2 amide bonds. The number of halogens is 5. The van der Waals surface area contributed by atoms with Crippen LogP contribution in [0.1, 0.15) is 32.7 Å². The highest BCUT2D eigenvalue weighted by Crippen LogP contribution is 2.47. The van der Waals surface area contributed by atoms with Crippen molar-refractivity contribution in [1.82, 2.24) is 4.98 Å². The van der Waals surface area contributed by atoms with E-state index in [1.165, 1.54) is 30.5 Å². The number of aliphatic hydroxyl groups excluding tert-OH is 1. The van der Waals surface area contributed by atoms with Crippen molar-refractivity contribution in [3.8, 4) is 11.3 Å². The van der Waals surface area contributed by atoms with E-state index in [0.717, 1.165) is 35.2 Å². The lowest BCUT2D eigenvalue weighted by molar-refractivity contribution is -0.205. The van der Waals surface area contributed by atoms with Crippen molar-refractivity contribution >= 4 is 34.8 Å². The molecule has 3 N–H and O–H groups in total. The third-order valence-corrected chi connectivity index (χ3v) is 7.29. The van der Waals surface area contributed by atoms with Crippen LogP contribution in [-0.2, 0) is 5.60 Å². The Morgan fingerprint density at radius 3 is 2.50 bits per heavy atom. The zero-order chi connectivity index (χ0) is 30.2. The lowest BCUT2D eigenvalue weighted by Crippen LogP contribution is -2.48. The molecular formula is C30H22ClF4N3O4. The standard InChI is InChI=1S/C30H22ClF4N3O4/c31-18-5-9-26-22(14-18)29(42,16-39)30(34,35)10-12-38(26)28(41)17-4-8-25(23(33)13-17)37-27(40)21-15-19(32)6-7-20(21)24-3-1-2-11-36-24/h1-9,11,13-15,39,42H,10,12,16H2,(H,37,40)/t29-/m0/s1. The summed E-state index contributed by atoms with van der Waals surface area (Å²) in [6.07, 6.45) is 0.490. The van der Waals surface area contributed by atoms with Gasteiger partial charge in [0.2, 0.25) is 0 Å². The summed E-state index contributed by atoms with van der Waals surface area (Å²) in [6.45, 7) is -1.91. The summed E-state index contributed by atoms with van der Waals surface area (Å²) in [4.78, 5) is 31.6. The fraction of sp³-hybridized carbons (Fsp3) is 0.167. The van der Waals surface area contributed by atoms with Gasteiger partial charge >= 0.3 is 0 Å². The van der Waals surface area contributed by atoms with E-state index in [9.17, 15) is 33.0 Å². The first-order valence-corrected chi connectivity index (χ1v) is 13.0. The molecule has 0 bridgehead atoms. The number of pyridine rings is 1. The van der Waals surface area contributed by atoms with Crippen molar-refractivity contribution in [2.45, 2.75) is 17.9 Å². The Kier molecular flexibility index (Phi) is 7.76. The Morgan fingerprint density at radius 2 is 1.81 bits per heavy atom. The van der Waals surface area contributed by atoms with Gasteiger partial charge in [0.15, 0.2) is 5.60 Å². The Morgan fingerprint density at radius 1 is 1.02 bits per heavy atom. The number of hydrogen-bond acceptors (Lipinski definition) is 5. The molecule has 7 nitrogen and oxygen atoms in total. The zero-order valence-corrected chi connectivity index (χ0v) is 22.4. The smallest absolute Gasteiger partial charge is 0.284 e. The van der Waals surface area contributed by atoms with Crippen molar-refractivity contribution in [1.29, 1.82) is 0 Å². The third kappa shape index (κ3) is 5.22. The van der Waals surface area contributed by atoms with Crippen LogP contribution in [0.5, 0.6) is 0 Å². The lowest BCUT2D eigenvalue weighted by Gasteiger charge is -2.33. The summed E-state index contributed by atoms with van der Waals surface area (Å²) in [5, 5.41) is 22.9. The topological polar surface area (TPSA) is 103 Å². The SMILES string of the molecule is O=C(Nc1ccc(C(=O)N2CCC(F)(F)[C@](O)(CO)c3cc(Cl)ccc32)cc1F)c1cc(F)ccc1-c1ccccn1. The first-order valence-electron chi connectivity index (χ1n) is 12.6. The van der Waals surface area contributed by atoms with E-state index in [0.29, 0.717) is 11.3 Å². The van der Waals surface area contributed by atoms with E-state index in [-0.39, 0.29) is 27.5 Å². The predicted octanol–water partition coefficient (Wildman–Crippen LogP) is 5.80. The average Bonchev–Trinajstić information content (AvgIpc) is 3.06. The Bertz CT molecular complexity index is 1690. The number of aliphatic hydroxyl groups is 2. The molecule has 0 saturated heterocycles. The van der Waals surface area contributed by atoms with Crippen LogP contribution in [-0.4, -0.2) is 46.1 Å². The molecule has 1 aliphatic rings. The number of anilines is 2. The summed E-state index contributed by atoms with van der Waals surface area (Å²) >= 11 is 5.98. The summed E-state index contributed by atoms with van der Waals surface area (Å²) in [5.74, 6) is -7.26. The van der Waals surface area contributed by atoms with E-state index in [1.54, 1.807) is 18.2 Å². The highest BCUT2D eigenvalue weighted by molar-refractivity contribution is 6.30. The van der Waals surface area contributed by atoms with Crippen LogP contribution in [0, 0.1) is 11.6 Å². The molecule has 0 aliphatic carbocycles. The van der Waals surface area contributed by atoms with E-state index in [4.69, 9.17) is 11.6 Å². The molecule has 216 valence electrons. The summed E-state index contributed by atoms with van der Waals surface area (Å²) in [5.41, 5.74) is -3.60. The maximum atomic E-state index is 15.2. The molecule has 42 heavy (non-hydrogen) atoms. The van der Waals surface area contributed by atoms with Gasteiger partial charge < -0.3 is 20.4 Å². The minimum Gasteiger partial charge on any atom is -0.393 e. The average molecular weight is 600 g/mol. The van der Waals surface area contributed by atoms with Gasteiger partial charge in [-0.15, -0.1) is 0 Å². The fourth-order valence-corrected chi connectivity index (χ4v) is 4.98. The quantitative estimate of drug-likeness (QED) is 0.252. The van der Waals surface area contributed by atoms with Gasteiger partial charge in [0, 0.05) is 40.9 Å². The summed E-state index contributed by atoms with van der Waals surface area (Å²) in [7, 11) is 0. The number of alkyl halides is 2. The van der Waals surface area contributed by atoms with Gasteiger partial charge in [-0.1, -0.05) is 17.7 Å². The van der Waals surface area contributed by atoms with Gasteiger partial charge in [0.1, 0.15) is 11.6 Å². The van der Waals surface area contributed by atoms with Crippen molar-refractivity contribution in [2.24, 2.45) is 0 Å². The number of aromatic nitrogens is 1. The van der Waals surface area contributed by atoms with Crippen molar-refractivity contribution in [3.63, 3.8) is 0 Å². The molecule has 0 radical (unpaired) electrons. The number of fused-ring (bicyclic) bond motifs is 1. The van der Waals surface area contributed by atoms with Crippen LogP contribution in [0.2, 0.25) is 5.02 Å². The molecule has 12 heteroatoms. The van der Waals surface area contributed by atoms with Gasteiger partial charge in [-0.25, -0.2) is 17.6 Å². The third-order valence-electron chi connectivity index (χ3n) is 7.05. The number of amides is 2. The second kappa shape index (κ2) is 11.2. The maximum absolute atomic E-state index is 15.2. The van der Waals surface area contributed by atoms with Gasteiger partial charge in [-0.2, -0.15) is 0 Å². The van der Waals surface area contributed by atoms with E-state index >= 15 is 4.39 Å². The predicted molar refractivity (Wildman–Crippen MR) is 148 cm³/mol. The molecule has 5 rings (SSSR count). The molecule has 0 unspecified atom stereocenters. The van der Waals surface area contributed by atoms with Crippen LogP contribution in [0.25, 0.3) is 11.3 Å². The Labute approximate surface area is 242 Å². The lowest BCUT2D eigenvalue weighted by atomic mass is 9.86. The molecule has 0 saturated carbocycles. The first kappa shape index (κ1) is 29.2. The van der Waals surface area contributed by atoms with Gasteiger partial charge in [0.25, 0.3) is 17.7 Å². The molecule has 4 aromatic rings. The maximum Gasteiger partial charge on any atom is 0.284 e. The van der Waals surface area contributed by atoms with Gasteiger partial charge in [0.05, 0.1) is 29.2 Å². The normalized spacial score (nSPS) is 17.7. The van der Waals surface area contributed by atoms with Gasteiger partial charge in [-0.3, -0.25) is 14.6 Å². The van der Waals surface area contributed by atoms with Crippen molar-refractivity contribution < 1.29 is 37.4 Å². The van der Waals surface area contributed by atoms with E-state index in [2.05, 4.69) is 10.3 Å². The van der Waals surface area contributed by atoms with E-state index < -0.39 is 60.1 Å². The second-order valence-corrected chi connectivity index (χ2v) is 10.1. The second-order valence-electron chi connectivity index (χ2n) is 9.64. The van der Waals surface area contributed by atoms with Crippen molar-refractivity contribution in [2.75, 3.05) is 23.4 Å². The highest BCUT2D eigenvalue weighted by atomic mass is 35.5.